The Morgan fingerprint density at radius 1 is 1.15 bits per heavy atom. The third-order valence-electron chi connectivity index (χ3n) is 4.41. The topological polar surface area (TPSA) is 36.4 Å². The van der Waals surface area contributed by atoms with E-state index in [0.717, 1.165) is 28.4 Å². The fourth-order valence-corrected chi connectivity index (χ4v) is 3.58. The van der Waals surface area contributed by atoms with Crippen molar-refractivity contribution in [3.05, 3.63) is 51.5 Å². The molecular weight excluding hydrogens is 363 g/mol. The van der Waals surface area contributed by atoms with E-state index in [0.29, 0.717) is 39.1 Å². The number of alkyl halides is 3. The maximum atomic E-state index is 12.6. The maximum absolute atomic E-state index is 12.6. The molecule has 140 valence electrons. The number of nitrogens with zero attached hydrogens (tertiary/aromatic N) is 3. The molecule has 0 unspecified atom stereocenters. The number of hydrogen-bond donors (Lipinski definition) is 0. The van der Waals surface area contributed by atoms with Crippen LogP contribution in [0.5, 0.6) is 0 Å². The van der Waals surface area contributed by atoms with Crippen LogP contribution in [0.15, 0.2) is 29.6 Å². The van der Waals surface area contributed by atoms with Crippen LogP contribution in [0.2, 0.25) is 0 Å². The summed E-state index contributed by atoms with van der Waals surface area (Å²) in [5, 5.41) is 2.86. The fraction of sp³-hybridized carbons (Fsp3) is 0.444. The van der Waals surface area contributed by atoms with E-state index >= 15 is 0 Å². The Morgan fingerprint density at radius 2 is 1.81 bits per heavy atom. The molecule has 3 rings (SSSR count). The number of aryl methyl sites for hydroxylation is 1. The Labute approximate surface area is 154 Å². The molecule has 0 radical (unpaired) electrons. The van der Waals surface area contributed by atoms with E-state index in [1.807, 2.05) is 17.2 Å². The number of halogens is 3. The minimum absolute atomic E-state index is 0.0736. The van der Waals surface area contributed by atoms with E-state index in [-0.39, 0.29) is 5.91 Å². The number of hydrogen-bond acceptors (Lipinski definition) is 4. The number of carbonyl (C=O) groups excluding carboxylic acids is 1. The van der Waals surface area contributed by atoms with Crippen molar-refractivity contribution in [1.82, 2.24) is 14.8 Å². The van der Waals surface area contributed by atoms with Gasteiger partial charge in [-0.25, -0.2) is 4.98 Å². The lowest BCUT2D eigenvalue weighted by Gasteiger charge is -2.34. The zero-order valence-corrected chi connectivity index (χ0v) is 15.2. The zero-order chi connectivity index (χ0) is 18.7. The molecular formula is C18H20F3N3OS. The summed E-state index contributed by atoms with van der Waals surface area (Å²) in [6, 6.07) is 5.27. The number of carbonyl (C=O) groups is 1. The van der Waals surface area contributed by atoms with E-state index in [9.17, 15) is 18.0 Å². The molecule has 1 aromatic carbocycles. The summed E-state index contributed by atoms with van der Waals surface area (Å²) in [5.74, 6) is 0.0736. The Balaban J connectivity index is 1.48. The van der Waals surface area contributed by atoms with Gasteiger partial charge in [0.05, 0.1) is 22.7 Å². The molecule has 1 amide bonds. The standard InChI is InChI=1S/C18H20F3N3OS/c1-13-22-16(12-26-13)10-17(25)24-8-6-23(7-9-24)11-14-2-4-15(5-3-14)18(19,20)21/h2-5,12H,6-11H2,1H3. The number of piperazine rings is 1. The van der Waals surface area contributed by atoms with Crippen molar-refractivity contribution in [2.24, 2.45) is 0 Å². The van der Waals surface area contributed by atoms with E-state index < -0.39 is 11.7 Å². The second-order valence-electron chi connectivity index (χ2n) is 6.39. The first-order chi connectivity index (χ1) is 12.3. The predicted molar refractivity (Wildman–Crippen MR) is 93.9 cm³/mol. The number of rotatable bonds is 4. The normalized spacial score (nSPS) is 16.1. The van der Waals surface area contributed by atoms with Gasteiger partial charge in [-0.15, -0.1) is 11.3 Å². The molecule has 0 bridgehead atoms. The molecule has 0 spiro atoms. The summed E-state index contributed by atoms with van der Waals surface area (Å²) in [6.07, 6.45) is -3.98. The van der Waals surface area contributed by atoms with Crippen LogP contribution in [0.25, 0.3) is 0 Å². The first-order valence-corrected chi connectivity index (χ1v) is 9.26. The van der Waals surface area contributed by atoms with E-state index in [1.165, 1.54) is 23.5 Å². The van der Waals surface area contributed by atoms with Gasteiger partial charge >= 0.3 is 6.18 Å². The van der Waals surface area contributed by atoms with Crippen LogP contribution in [0.3, 0.4) is 0 Å². The Morgan fingerprint density at radius 3 is 2.35 bits per heavy atom. The van der Waals surface area contributed by atoms with Crippen molar-refractivity contribution in [3.8, 4) is 0 Å². The summed E-state index contributed by atoms with van der Waals surface area (Å²) < 4.78 is 37.8. The molecule has 0 aliphatic carbocycles. The van der Waals surface area contributed by atoms with Gasteiger partial charge < -0.3 is 4.90 Å². The minimum atomic E-state index is -4.31. The number of thiazole rings is 1. The quantitative estimate of drug-likeness (QED) is 0.812. The van der Waals surface area contributed by atoms with Gasteiger partial charge in [0.1, 0.15) is 0 Å². The fourth-order valence-electron chi connectivity index (χ4n) is 2.97. The van der Waals surface area contributed by atoms with E-state index in [4.69, 9.17) is 0 Å². The smallest absolute Gasteiger partial charge is 0.340 e. The van der Waals surface area contributed by atoms with Crippen LogP contribution >= 0.6 is 11.3 Å². The molecule has 8 heteroatoms. The summed E-state index contributed by atoms with van der Waals surface area (Å²) in [4.78, 5) is 20.6. The summed E-state index contributed by atoms with van der Waals surface area (Å²) >= 11 is 1.54. The van der Waals surface area contributed by atoms with Crippen LogP contribution in [-0.2, 0) is 23.9 Å². The average Bonchev–Trinajstić information content (AvgIpc) is 3.00. The van der Waals surface area contributed by atoms with Crippen LogP contribution in [-0.4, -0.2) is 46.9 Å². The average molecular weight is 383 g/mol. The first kappa shape index (κ1) is 18.8. The lowest BCUT2D eigenvalue weighted by Crippen LogP contribution is -2.48. The van der Waals surface area contributed by atoms with Crippen molar-refractivity contribution in [2.45, 2.75) is 26.1 Å². The van der Waals surface area contributed by atoms with Crippen LogP contribution in [0.4, 0.5) is 13.2 Å². The van der Waals surface area contributed by atoms with Crippen molar-refractivity contribution in [1.29, 1.82) is 0 Å². The van der Waals surface area contributed by atoms with Crippen molar-refractivity contribution in [2.75, 3.05) is 26.2 Å². The van der Waals surface area contributed by atoms with Gasteiger partial charge in [-0.1, -0.05) is 12.1 Å². The second-order valence-corrected chi connectivity index (χ2v) is 7.45. The van der Waals surface area contributed by atoms with E-state index in [2.05, 4.69) is 9.88 Å². The molecule has 1 aromatic heterocycles. The van der Waals surface area contributed by atoms with Gasteiger partial charge in [0.25, 0.3) is 0 Å². The zero-order valence-electron chi connectivity index (χ0n) is 14.4. The van der Waals surface area contributed by atoms with Crippen LogP contribution < -0.4 is 0 Å². The molecule has 1 fully saturated rings. The molecule has 0 atom stereocenters. The Kier molecular flexibility index (Phi) is 5.62. The Hall–Kier alpha value is -1.93. The number of amides is 1. The predicted octanol–water partition coefficient (Wildman–Crippen LogP) is 3.36. The molecule has 1 saturated heterocycles. The van der Waals surface area contributed by atoms with Crippen molar-refractivity contribution < 1.29 is 18.0 Å². The number of benzene rings is 1. The first-order valence-electron chi connectivity index (χ1n) is 8.38. The lowest BCUT2D eigenvalue weighted by atomic mass is 10.1. The monoisotopic (exact) mass is 383 g/mol. The highest BCUT2D eigenvalue weighted by Gasteiger charge is 2.30. The van der Waals surface area contributed by atoms with Crippen molar-refractivity contribution >= 4 is 17.2 Å². The summed E-state index contributed by atoms with van der Waals surface area (Å²) in [7, 11) is 0. The molecule has 0 saturated carbocycles. The SMILES string of the molecule is Cc1nc(CC(=O)N2CCN(Cc3ccc(C(F)(F)F)cc3)CC2)cs1. The van der Waals surface area contributed by atoms with Gasteiger partial charge in [0.2, 0.25) is 5.91 Å². The van der Waals surface area contributed by atoms with Crippen LogP contribution in [0.1, 0.15) is 21.8 Å². The molecule has 2 aromatic rings. The maximum Gasteiger partial charge on any atom is 0.416 e. The number of aromatic nitrogens is 1. The second kappa shape index (κ2) is 7.75. The summed E-state index contributed by atoms with van der Waals surface area (Å²) in [5.41, 5.74) is 1.02. The molecule has 1 aliphatic rings. The molecule has 1 aliphatic heterocycles. The third kappa shape index (κ3) is 4.82. The Bertz CT molecular complexity index is 750. The lowest BCUT2D eigenvalue weighted by molar-refractivity contribution is -0.137. The van der Waals surface area contributed by atoms with Gasteiger partial charge in [0, 0.05) is 38.1 Å². The molecule has 26 heavy (non-hydrogen) atoms. The van der Waals surface area contributed by atoms with Crippen molar-refractivity contribution in [3.63, 3.8) is 0 Å². The highest BCUT2D eigenvalue weighted by Crippen LogP contribution is 2.29. The molecule has 2 heterocycles. The van der Waals surface area contributed by atoms with Gasteiger partial charge in [-0.05, 0) is 24.6 Å². The van der Waals surface area contributed by atoms with E-state index in [1.54, 1.807) is 0 Å². The largest absolute Gasteiger partial charge is 0.416 e. The molecule has 4 nitrogen and oxygen atoms in total. The van der Waals surface area contributed by atoms with Crippen LogP contribution in [0, 0.1) is 6.92 Å². The minimum Gasteiger partial charge on any atom is -0.340 e. The van der Waals surface area contributed by atoms with Gasteiger partial charge in [0.15, 0.2) is 0 Å². The third-order valence-corrected chi connectivity index (χ3v) is 5.23. The molecule has 0 N–H and O–H groups in total. The summed E-state index contributed by atoms with van der Waals surface area (Å²) in [6.45, 7) is 5.18. The highest BCUT2D eigenvalue weighted by atomic mass is 32.1. The highest BCUT2D eigenvalue weighted by molar-refractivity contribution is 7.09. The van der Waals surface area contributed by atoms with Gasteiger partial charge in [-0.3, -0.25) is 9.69 Å². The van der Waals surface area contributed by atoms with Gasteiger partial charge in [-0.2, -0.15) is 13.2 Å².